The number of hydrogen-bond acceptors (Lipinski definition) is 3. The smallest absolute Gasteiger partial charge is 0.128 e. The van der Waals surface area contributed by atoms with Crippen LogP contribution in [0.5, 0.6) is 0 Å². The van der Waals surface area contributed by atoms with Crippen molar-refractivity contribution in [1.82, 2.24) is 10.3 Å². The maximum atomic E-state index is 4.54. The van der Waals surface area contributed by atoms with Crippen LogP contribution in [0.15, 0.2) is 16.7 Å². The van der Waals surface area contributed by atoms with Crippen molar-refractivity contribution in [2.24, 2.45) is 5.92 Å². The van der Waals surface area contributed by atoms with Crippen LogP contribution in [0.4, 0.5) is 5.82 Å². The highest BCUT2D eigenvalue weighted by Crippen LogP contribution is 2.22. The quantitative estimate of drug-likeness (QED) is 0.926. The zero-order valence-corrected chi connectivity index (χ0v) is 12.8. The average Bonchev–Trinajstić information content (AvgIpc) is 2.40. The molecule has 0 atom stereocenters. The summed E-state index contributed by atoms with van der Waals surface area (Å²) in [5.41, 5.74) is 1.25. The number of rotatable bonds is 4. The summed E-state index contributed by atoms with van der Waals surface area (Å²) in [4.78, 5) is 6.94. The molecular formula is C14H22BrN3. The fourth-order valence-corrected chi connectivity index (χ4v) is 2.67. The van der Waals surface area contributed by atoms with Crippen molar-refractivity contribution >= 4 is 21.7 Å². The fraction of sp³-hybridized carbons (Fsp3) is 0.643. The topological polar surface area (TPSA) is 28.2 Å². The third-order valence-corrected chi connectivity index (χ3v) is 4.51. The summed E-state index contributed by atoms with van der Waals surface area (Å²) in [6, 6.07) is 2.18. The van der Waals surface area contributed by atoms with Crippen molar-refractivity contribution in [2.45, 2.75) is 26.7 Å². The third kappa shape index (κ3) is 3.45. The number of anilines is 1. The fourth-order valence-electron chi connectivity index (χ4n) is 2.46. The Morgan fingerprint density at radius 1 is 1.44 bits per heavy atom. The number of piperidine rings is 1. The second-order valence-corrected chi connectivity index (χ2v) is 5.88. The van der Waals surface area contributed by atoms with E-state index in [-0.39, 0.29) is 0 Å². The third-order valence-electron chi connectivity index (χ3n) is 3.68. The van der Waals surface area contributed by atoms with Gasteiger partial charge in [0, 0.05) is 23.8 Å². The van der Waals surface area contributed by atoms with Gasteiger partial charge in [-0.05, 0) is 73.3 Å². The molecular weight excluding hydrogens is 290 g/mol. The second kappa shape index (κ2) is 6.53. The Balaban J connectivity index is 2.04. The second-order valence-electron chi connectivity index (χ2n) is 5.02. The molecule has 0 bridgehead atoms. The van der Waals surface area contributed by atoms with E-state index in [1.807, 2.05) is 6.20 Å². The molecule has 0 radical (unpaired) electrons. The molecule has 0 saturated carbocycles. The molecule has 0 amide bonds. The lowest BCUT2D eigenvalue weighted by Gasteiger charge is -2.30. The molecule has 2 rings (SSSR count). The van der Waals surface area contributed by atoms with Crippen LogP contribution in [-0.4, -0.2) is 31.2 Å². The van der Waals surface area contributed by atoms with E-state index in [2.05, 4.69) is 51.0 Å². The van der Waals surface area contributed by atoms with Crippen LogP contribution in [0.25, 0.3) is 0 Å². The van der Waals surface area contributed by atoms with E-state index in [0.717, 1.165) is 42.4 Å². The normalized spacial score (nSPS) is 16.8. The maximum Gasteiger partial charge on any atom is 0.128 e. The number of halogens is 1. The Morgan fingerprint density at radius 3 is 2.78 bits per heavy atom. The SMILES string of the molecule is CCN(CC1CCNCC1)c1cc(C)c(Br)cn1. The molecule has 1 N–H and O–H groups in total. The monoisotopic (exact) mass is 311 g/mol. The first-order chi connectivity index (χ1) is 8.70. The standard InChI is InChI=1S/C14H22BrN3/c1-3-18(10-12-4-6-16-7-5-12)14-8-11(2)13(15)9-17-14/h8-9,12,16H,3-7,10H2,1-2H3. The summed E-state index contributed by atoms with van der Waals surface area (Å²) in [5.74, 6) is 1.91. The molecule has 1 aromatic rings. The van der Waals surface area contributed by atoms with Gasteiger partial charge in [0.2, 0.25) is 0 Å². The van der Waals surface area contributed by atoms with Crippen LogP contribution in [0.3, 0.4) is 0 Å². The van der Waals surface area contributed by atoms with Crippen LogP contribution in [0.2, 0.25) is 0 Å². The molecule has 1 fully saturated rings. The van der Waals surface area contributed by atoms with Crippen LogP contribution in [0.1, 0.15) is 25.3 Å². The molecule has 1 aliphatic rings. The molecule has 0 unspecified atom stereocenters. The summed E-state index contributed by atoms with van der Waals surface area (Å²) < 4.78 is 1.09. The minimum atomic E-state index is 0.803. The van der Waals surface area contributed by atoms with Crippen LogP contribution >= 0.6 is 15.9 Å². The molecule has 2 heterocycles. The van der Waals surface area contributed by atoms with Gasteiger partial charge in [-0.3, -0.25) is 0 Å². The van der Waals surface area contributed by atoms with Crippen LogP contribution < -0.4 is 10.2 Å². The number of pyridine rings is 1. The highest BCUT2D eigenvalue weighted by atomic mass is 79.9. The predicted molar refractivity (Wildman–Crippen MR) is 80.2 cm³/mol. The number of aromatic nitrogens is 1. The Hall–Kier alpha value is -0.610. The molecule has 100 valence electrons. The summed E-state index contributed by atoms with van der Waals surface area (Å²) in [6.45, 7) is 8.81. The Labute approximate surface area is 118 Å². The van der Waals surface area contributed by atoms with Crippen molar-refractivity contribution in [1.29, 1.82) is 0 Å². The van der Waals surface area contributed by atoms with Crippen LogP contribution in [-0.2, 0) is 0 Å². The Kier molecular flexibility index (Phi) is 5.01. The van der Waals surface area contributed by atoms with Gasteiger partial charge in [0.25, 0.3) is 0 Å². The van der Waals surface area contributed by atoms with Gasteiger partial charge < -0.3 is 10.2 Å². The van der Waals surface area contributed by atoms with E-state index in [1.165, 1.54) is 18.4 Å². The van der Waals surface area contributed by atoms with E-state index in [0.29, 0.717) is 0 Å². The van der Waals surface area contributed by atoms with Gasteiger partial charge >= 0.3 is 0 Å². The van der Waals surface area contributed by atoms with Crippen molar-refractivity contribution in [3.63, 3.8) is 0 Å². The minimum absolute atomic E-state index is 0.803. The van der Waals surface area contributed by atoms with E-state index < -0.39 is 0 Å². The lowest BCUT2D eigenvalue weighted by molar-refractivity contribution is 0.374. The summed E-state index contributed by atoms with van der Waals surface area (Å²) >= 11 is 3.51. The van der Waals surface area contributed by atoms with Crippen molar-refractivity contribution in [3.05, 3.63) is 22.3 Å². The summed E-state index contributed by atoms with van der Waals surface area (Å²) in [6.07, 6.45) is 4.48. The zero-order valence-electron chi connectivity index (χ0n) is 11.2. The Morgan fingerprint density at radius 2 is 2.17 bits per heavy atom. The van der Waals surface area contributed by atoms with Crippen LogP contribution in [0, 0.1) is 12.8 Å². The first-order valence-electron chi connectivity index (χ1n) is 6.78. The van der Waals surface area contributed by atoms with Gasteiger partial charge in [-0.1, -0.05) is 0 Å². The highest BCUT2D eigenvalue weighted by molar-refractivity contribution is 9.10. The van der Waals surface area contributed by atoms with Crippen molar-refractivity contribution in [3.8, 4) is 0 Å². The van der Waals surface area contributed by atoms with E-state index in [9.17, 15) is 0 Å². The molecule has 1 aromatic heterocycles. The molecule has 0 aromatic carbocycles. The lowest BCUT2D eigenvalue weighted by Crippen LogP contribution is -2.36. The van der Waals surface area contributed by atoms with Gasteiger partial charge in [0.05, 0.1) is 0 Å². The molecule has 1 aliphatic heterocycles. The first-order valence-corrected chi connectivity index (χ1v) is 7.57. The predicted octanol–water partition coefficient (Wildman–Crippen LogP) is 2.98. The van der Waals surface area contributed by atoms with Gasteiger partial charge in [-0.2, -0.15) is 0 Å². The van der Waals surface area contributed by atoms with E-state index in [4.69, 9.17) is 0 Å². The molecule has 4 heteroatoms. The summed E-state index contributed by atoms with van der Waals surface area (Å²) in [5, 5.41) is 3.42. The average molecular weight is 312 g/mol. The maximum absolute atomic E-state index is 4.54. The molecule has 0 spiro atoms. The molecule has 18 heavy (non-hydrogen) atoms. The Bertz CT molecular complexity index is 389. The highest BCUT2D eigenvalue weighted by Gasteiger charge is 2.17. The first kappa shape index (κ1) is 13.8. The van der Waals surface area contributed by atoms with E-state index >= 15 is 0 Å². The van der Waals surface area contributed by atoms with Crippen molar-refractivity contribution < 1.29 is 0 Å². The number of nitrogens with one attached hydrogen (secondary N) is 1. The van der Waals surface area contributed by atoms with E-state index in [1.54, 1.807) is 0 Å². The summed E-state index contributed by atoms with van der Waals surface area (Å²) in [7, 11) is 0. The largest absolute Gasteiger partial charge is 0.357 e. The van der Waals surface area contributed by atoms with Gasteiger partial charge in [0.1, 0.15) is 5.82 Å². The van der Waals surface area contributed by atoms with Gasteiger partial charge in [0.15, 0.2) is 0 Å². The number of nitrogens with zero attached hydrogens (tertiary/aromatic N) is 2. The van der Waals surface area contributed by atoms with Gasteiger partial charge in [-0.25, -0.2) is 4.98 Å². The lowest BCUT2D eigenvalue weighted by atomic mass is 9.97. The molecule has 1 saturated heterocycles. The zero-order chi connectivity index (χ0) is 13.0. The number of hydrogen-bond donors (Lipinski definition) is 1. The van der Waals surface area contributed by atoms with Gasteiger partial charge in [-0.15, -0.1) is 0 Å². The minimum Gasteiger partial charge on any atom is -0.357 e. The molecule has 0 aliphatic carbocycles. The van der Waals surface area contributed by atoms with Crippen molar-refractivity contribution in [2.75, 3.05) is 31.1 Å². The molecule has 3 nitrogen and oxygen atoms in total. The number of aryl methyl sites for hydroxylation is 1.